The van der Waals surface area contributed by atoms with E-state index in [0.717, 1.165) is 17.4 Å². The van der Waals surface area contributed by atoms with Gasteiger partial charge in [0.25, 0.3) is 0 Å². The van der Waals surface area contributed by atoms with E-state index in [4.69, 9.17) is 0 Å². The Balaban J connectivity index is 1.43. The van der Waals surface area contributed by atoms with Gasteiger partial charge in [-0.15, -0.1) is 0 Å². The van der Waals surface area contributed by atoms with Gasteiger partial charge in [-0.3, -0.25) is 4.79 Å². The van der Waals surface area contributed by atoms with Crippen LogP contribution in [0.1, 0.15) is 30.9 Å². The number of aliphatic hydroxyl groups is 1. The predicted molar refractivity (Wildman–Crippen MR) is 134 cm³/mol. The molecule has 0 bridgehead atoms. The highest BCUT2D eigenvalue weighted by Gasteiger charge is 2.49. The van der Waals surface area contributed by atoms with Gasteiger partial charge in [0, 0.05) is 56.2 Å². The summed E-state index contributed by atoms with van der Waals surface area (Å²) in [6.45, 7) is 5.52. The summed E-state index contributed by atoms with van der Waals surface area (Å²) in [7, 11) is 0. The maximum absolute atomic E-state index is 14.9. The van der Waals surface area contributed by atoms with Gasteiger partial charge in [0.15, 0.2) is 0 Å². The summed E-state index contributed by atoms with van der Waals surface area (Å²) < 4.78 is 28.6. The van der Waals surface area contributed by atoms with Crippen molar-refractivity contribution in [2.45, 2.75) is 25.4 Å². The smallest absolute Gasteiger partial charge is 0.228 e. The van der Waals surface area contributed by atoms with Crippen molar-refractivity contribution in [3.63, 3.8) is 0 Å². The Morgan fingerprint density at radius 1 is 0.944 bits per heavy atom. The van der Waals surface area contributed by atoms with E-state index in [2.05, 4.69) is 4.98 Å². The number of anilines is 1. The molecule has 188 valence electrons. The number of carbonyl (C=O) groups excluding carboxylic acids is 1. The van der Waals surface area contributed by atoms with E-state index in [1.165, 1.54) is 12.1 Å². The Morgan fingerprint density at radius 2 is 1.64 bits per heavy atom. The Morgan fingerprint density at radius 3 is 2.28 bits per heavy atom. The Kier molecular flexibility index (Phi) is 6.51. The van der Waals surface area contributed by atoms with Crippen LogP contribution in [0.5, 0.6) is 0 Å². The lowest BCUT2D eigenvalue weighted by atomic mass is 9.70. The van der Waals surface area contributed by atoms with Crippen LogP contribution < -0.4 is 4.90 Å². The molecule has 0 spiro atoms. The zero-order valence-electron chi connectivity index (χ0n) is 20.5. The quantitative estimate of drug-likeness (QED) is 0.581. The van der Waals surface area contributed by atoms with E-state index in [1.54, 1.807) is 6.20 Å². The lowest BCUT2D eigenvalue weighted by Crippen LogP contribution is -2.57. The molecule has 7 heteroatoms. The van der Waals surface area contributed by atoms with Crippen LogP contribution in [0.25, 0.3) is 0 Å². The third kappa shape index (κ3) is 4.26. The molecule has 1 N–H and O–H groups in total. The van der Waals surface area contributed by atoms with Crippen LogP contribution in [0.3, 0.4) is 0 Å². The van der Waals surface area contributed by atoms with Crippen LogP contribution >= 0.6 is 0 Å². The molecule has 0 aliphatic carbocycles. The fourth-order valence-corrected chi connectivity index (χ4v) is 6.09. The number of rotatable bonds is 4. The van der Waals surface area contributed by atoms with Gasteiger partial charge in [0.1, 0.15) is 17.5 Å². The van der Waals surface area contributed by atoms with Crippen molar-refractivity contribution in [3.05, 3.63) is 95.7 Å². The average Bonchev–Trinajstić information content (AvgIpc) is 3.32. The topological polar surface area (TPSA) is 56.7 Å². The van der Waals surface area contributed by atoms with E-state index < -0.39 is 29.1 Å². The molecular weight excluding hydrogens is 460 g/mol. The molecule has 1 amide bonds. The Labute approximate surface area is 210 Å². The molecule has 3 heterocycles. The highest BCUT2D eigenvalue weighted by atomic mass is 19.1. The number of hydrogen-bond donors (Lipinski definition) is 1. The number of aromatic nitrogens is 1. The monoisotopic (exact) mass is 491 g/mol. The van der Waals surface area contributed by atoms with Gasteiger partial charge < -0.3 is 14.9 Å². The number of amides is 1. The molecule has 5 rings (SSSR count). The molecule has 2 aliphatic heterocycles. The van der Waals surface area contributed by atoms with Crippen LogP contribution in [0.15, 0.2) is 72.9 Å². The zero-order valence-corrected chi connectivity index (χ0v) is 20.5. The number of piperidine rings is 1. The van der Waals surface area contributed by atoms with Crippen LogP contribution in [0.2, 0.25) is 0 Å². The van der Waals surface area contributed by atoms with Gasteiger partial charge in [0.2, 0.25) is 5.91 Å². The molecule has 2 fully saturated rings. The number of likely N-dealkylation sites (tertiary alicyclic amines) is 1. The normalized spacial score (nSPS) is 28.4. The SMILES string of the molecule is C[C@@H]1CN(C(=O)[C@@H]2CN(c3ccccn3)C[C@H]2c2ccc(F)cc2F)C[C@H](C)[C@@]1(O)c1ccccc1. The standard InChI is InChI=1S/C29H31F2N3O2/c1-19-15-34(16-20(2)29(19,36)21-8-4-3-5-9-21)28(35)25-18-33(27-10-6-7-13-32-27)17-24(25)23-12-11-22(30)14-26(23)31/h3-14,19-20,24-25,36H,15-18H2,1-2H3/t19-,20+,24-,25+,29-/m0/s1. The van der Waals surface area contributed by atoms with E-state index in [9.17, 15) is 18.7 Å². The highest BCUT2D eigenvalue weighted by molar-refractivity contribution is 5.82. The van der Waals surface area contributed by atoms with Crippen molar-refractivity contribution in [2.24, 2.45) is 17.8 Å². The van der Waals surface area contributed by atoms with Crippen molar-refractivity contribution in [1.82, 2.24) is 9.88 Å². The first-order valence-electron chi connectivity index (χ1n) is 12.5. The molecule has 2 aliphatic rings. The van der Waals surface area contributed by atoms with Gasteiger partial charge in [-0.1, -0.05) is 56.3 Å². The maximum Gasteiger partial charge on any atom is 0.228 e. The third-order valence-electron chi connectivity index (χ3n) is 8.01. The third-order valence-corrected chi connectivity index (χ3v) is 8.01. The van der Waals surface area contributed by atoms with Gasteiger partial charge in [-0.05, 0) is 29.3 Å². The summed E-state index contributed by atoms with van der Waals surface area (Å²) in [5.74, 6) is -1.98. The molecule has 2 aromatic carbocycles. The minimum absolute atomic E-state index is 0.0732. The number of hydrogen-bond acceptors (Lipinski definition) is 4. The summed E-state index contributed by atoms with van der Waals surface area (Å²) in [5, 5.41) is 11.7. The molecule has 0 saturated carbocycles. The summed E-state index contributed by atoms with van der Waals surface area (Å²) in [6, 6.07) is 18.8. The number of carbonyl (C=O) groups is 1. The minimum atomic E-state index is -1.05. The Bertz CT molecular complexity index is 1210. The lowest BCUT2D eigenvalue weighted by molar-refractivity contribution is -0.152. The molecule has 5 atom stereocenters. The van der Waals surface area contributed by atoms with Crippen molar-refractivity contribution in [2.75, 3.05) is 31.1 Å². The molecule has 36 heavy (non-hydrogen) atoms. The van der Waals surface area contributed by atoms with E-state index in [0.29, 0.717) is 31.7 Å². The van der Waals surface area contributed by atoms with Crippen LogP contribution in [0.4, 0.5) is 14.6 Å². The van der Waals surface area contributed by atoms with Gasteiger partial charge in [-0.2, -0.15) is 0 Å². The van der Waals surface area contributed by atoms with E-state index in [-0.39, 0.29) is 17.7 Å². The van der Waals surface area contributed by atoms with Crippen molar-refractivity contribution in [3.8, 4) is 0 Å². The van der Waals surface area contributed by atoms with Gasteiger partial charge in [-0.25, -0.2) is 13.8 Å². The molecular formula is C29H31F2N3O2. The summed E-state index contributed by atoms with van der Waals surface area (Å²) in [4.78, 5) is 22.2. The summed E-state index contributed by atoms with van der Waals surface area (Å²) in [5.41, 5.74) is 0.147. The molecule has 0 unspecified atom stereocenters. The van der Waals surface area contributed by atoms with Gasteiger partial charge in [0.05, 0.1) is 11.5 Å². The van der Waals surface area contributed by atoms with Crippen molar-refractivity contribution < 1.29 is 18.7 Å². The second kappa shape index (κ2) is 9.62. The predicted octanol–water partition coefficient (Wildman–Crippen LogP) is 4.58. The first kappa shape index (κ1) is 24.4. The summed E-state index contributed by atoms with van der Waals surface area (Å²) >= 11 is 0. The second-order valence-electron chi connectivity index (χ2n) is 10.2. The lowest BCUT2D eigenvalue weighted by Gasteiger charge is -2.48. The minimum Gasteiger partial charge on any atom is -0.384 e. The van der Waals surface area contributed by atoms with E-state index >= 15 is 0 Å². The highest BCUT2D eigenvalue weighted by Crippen LogP contribution is 2.43. The number of pyridine rings is 1. The van der Waals surface area contributed by atoms with Crippen LogP contribution in [0, 0.1) is 29.4 Å². The van der Waals surface area contributed by atoms with Gasteiger partial charge >= 0.3 is 0 Å². The van der Waals surface area contributed by atoms with Crippen LogP contribution in [-0.2, 0) is 10.4 Å². The molecule has 2 saturated heterocycles. The Hall–Kier alpha value is -3.32. The molecule has 5 nitrogen and oxygen atoms in total. The number of halogens is 2. The average molecular weight is 492 g/mol. The fraction of sp³-hybridized carbons (Fsp3) is 0.379. The largest absolute Gasteiger partial charge is 0.384 e. The number of benzene rings is 2. The maximum atomic E-state index is 14.9. The fourth-order valence-electron chi connectivity index (χ4n) is 6.09. The second-order valence-corrected chi connectivity index (χ2v) is 10.2. The first-order chi connectivity index (χ1) is 17.3. The molecule has 3 aromatic rings. The molecule has 1 aromatic heterocycles. The van der Waals surface area contributed by atoms with Crippen molar-refractivity contribution in [1.29, 1.82) is 0 Å². The molecule has 0 radical (unpaired) electrons. The van der Waals surface area contributed by atoms with E-state index in [1.807, 2.05) is 72.2 Å². The number of nitrogens with zero attached hydrogens (tertiary/aromatic N) is 3. The first-order valence-corrected chi connectivity index (χ1v) is 12.5. The summed E-state index contributed by atoms with van der Waals surface area (Å²) in [6.07, 6.45) is 1.69. The van der Waals surface area contributed by atoms with Crippen LogP contribution in [-0.4, -0.2) is 47.1 Å². The van der Waals surface area contributed by atoms with Crippen molar-refractivity contribution >= 4 is 11.7 Å². The zero-order chi connectivity index (χ0) is 25.4.